The van der Waals surface area contributed by atoms with Gasteiger partial charge < -0.3 is 14.4 Å². The zero-order valence-corrected chi connectivity index (χ0v) is 16.4. The van der Waals surface area contributed by atoms with E-state index in [1.165, 1.54) is 5.56 Å². The third-order valence-corrected chi connectivity index (χ3v) is 6.10. The molecule has 0 radical (unpaired) electrons. The topological polar surface area (TPSA) is 42.0 Å². The number of hydrogen-bond donors (Lipinski definition) is 0. The Kier molecular flexibility index (Phi) is 6.54. The van der Waals surface area contributed by atoms with E-state index < -0.39 is 0 Å². The lowest BCUT2D eigenvalue weighted by atomic mass is 9.89. The SMILES string of the molecule is Cc1cccc(OCC(=O)N2CCC(C(C)N3CCOCC3)CC2)c1C. The van der Waals surface area contributed by atoms with Crippen molar-refractivity contribution in [2.75, 3.05) is 46.0 Å². The number of benzene rings is 1. The summed E-state index contributed by atoms with van der Waals surface area (Å²) < 4.78 is 11.2. The van der Waals surface area contributed by atoms with Crippen molar-refractivity contribution >= 4 is 5.91 Å². The fraction of sp³-hybridized carbons (Fsp3) is 0.667. The lowest BCUT2D eigenvalue weighted by molar-refractivity contribution is -0.135. The van der Waals surface area contributed by atoms with Gasteiger partial charge in [-0.25, -0.2) is 0 Å². The van der Waals surface area contributed by atoms with Gasteiger partial charge in [-0.15, -0.1) is 0 Å². The van der Waals surface area contributed by atoms with Crippen LogP contribution in [-0.2, 0) is 9.53 Å². The van der Waals surface area contributed by atoms with Gasteiger partial charge in [-0.1, -0.05) is 12.1 Å². The standard InChI is InChI=1S/C21H32N2O3/c1-16-5-4-6-20(17(16)2)26-15-21(24)23-9-7-19(8-10-23)18(3)22-11-13-25-14-12-22/h4-6,18-19H,7-15H2,1-3H3. The minimum absolute atomic E-state index is 0.100. The molecule has 0 saturated carbocycles. The van der Waals surface area contributed by atoms with E-state index in [1.54, 1.807) is 0 Å². The Bertz CT molecular complexity index is 605. The summed E-state index contributed by atoms with van der Waals surface area (Å²) >= 11 is 0. The van der Waals surface area contributed by atoms with Gasteiger partial charge in [0.05, 0.1) is 13.2 Å². The summed E-state index contributed by atoms with van der Waals surface area (Å²) in [5.74, 6) is 1.58. The zero-order valence-electron chi connectivity index (χ0n) is 16.4. The number of ether oxygens (including phenoxy) is 2. The molecule has 5 heteroatoms. The number of morpholine rings is 1. The highest BCUT2D eigenvalue weighted by Gasteiger charge is 2.30. The molecule has 144 valence electrons. The van der Waals surface area contributed by atoms with Crippen LogP contribution in [0.4, 0.5) is 0 Å². The van der Waals surface area contributed by atoms with Crippen molar-refractivity contribution in [1.82, 2.24) is 9.80 Å². The van der Waals surface area contributed by atoms with E-state index in [4.69, 9.17) is 9.47 Å². The molecule has 2 saturated heterocycles. The van der Waals surface area contributed by atoms with Crippen molar-refractivity contribution in [3.05, 3.63) is 29.3 Å². The fourth-order valence-corrected chi connectivity index (χ4v) is 4.03. The Labute approximate surface area is 157 Å². The van der Waals surface area contributed by atoms with E-state index in [0.29, 0.717) is 12.0 Å². The van der Waals surface area contributed by atoms with Crippen molar-refractivity contribution in [3.63, 3.8) is 0 Å². The normalized spacial score (nSPS) is 20.8. The smallest absolute Gasteiger partial charge is 0.260 e. The average Bonchev–Trinajstić information content (AvgIpc) is 2.69. The summed E-state index contributed by atoms with van der Waals surface area (Å²) in [5, 5.41) is 0. The monoisotopic (exact) mass is 360 g/mol. The predicted molar refractivity (Wildman–Crippen MR) is 103 cm³/mol. The van der Waals surface area contributed by atoms with Crippen molar-refractivity contribution < 1.29 is 14.3 Å². The highest BCUT2D eigenvalue weighted by Crippen LogP contribution is 2.25. The number of likely N-dealkylation sites (tertiary alicyclic amines) is 1. The number of aryl methyl sites for hydroxylation is 1. The molecule has 2 fully saturated rings. The molecule has 1 aromatic rings. The largest absolute Gasteiger partial charge is 0.483 e. The Balaban J connectivity index is 1.45. The molecule has 1 aromatic carbocycles. The average molecular weight is 360 g/mol. The molecule has 0 aromatic heterocycles. The van der Waals surface area contributed by atoms with Crippen molar-refractivity contribution in [2.45, 2.75) is 39.7 Å². The summed E-state index contributed by atoms with van der Waals surface area (Å²) in [6.45, 7) is 12.0. The van der Waals surface area contributed by atoms with E-state index in [-0.39, 0.29) is 12.5 Å². The van der Waals surface area contributed by atoms with Crippen molar-refractivity contribution in [3.8, 4) is 5.75 Å². The van der Waals surface area contributed by atoms with E-state index >= 15 is 0 Å². The third-order valence-electron chi connectivity index (χ3n) is 6.10. The van der Waals surface area contributed by atoms with E-state index in [9.17, 15) is 4.79 Å². The summed E-state index contributed by atoms with van der Waals surface area (Å²) in [6.07, 6.45) is 2.15. The molecule has 0 spiro atoms. The minimum Gasteiger partial charge on any atom is -0.483 e. The van der Waals surface area contributed by atoms with Crippen LogP contribution in [0.5, 0.6) is 5.75 Å². The van der Waals surface area contributed by atoms with E-state index in [2.05, 4.69) is 24.8 Å². The molecular formula is C21H32N2O3. The highest BCUT2D eigenvalue weighted by atomic mass is 16.5. The number of carbonyl (C=O) groups excluding carboxylic acids is 1. The maximum absolute atomic E-state index is 12.5. The third kappa shape index (κ3) is 4.57. The molecule has 0 aliphatic carbocycles. The van der Waals surface area contributed by atoms with Gasteiger partial charge in [0, 0.05) is 32.2 Å². The Morgan fingerprint density at radius 1 is 1.19 bits per heavy atom. The van der Waals surface area contributed by atoms with Gasteiger partial charge in [-0.2, -0.15) is 0 Å². The molecule has 26 heavy (non-hydrogen) atoms. The molecule has 2 heterocycles. The van der Waals surface area contributed by atoms with Gasteiger partial charge in [0.2, 0.25) is 0 Å². The lowest BCUT2D eigenvalue weighted by Crippen LogP contribution is -2.49. The zero-order chi connectivity index (χ0) is 18.5. The molecule has 0 N–H and O–H groups in total. The maximum atomic E-state index is 12.5. The molecule has 5 nitrogen and oxygen atoms in total. The molecule has 0 bridgehead atoms. The maximum Gasteiger partial charge on any atom is 0.260 e. The molecular weight excluding hydrogens is 328 g/mol. The fourth-order valence-electron chi connectivity index (χ4n) is 4.03. The number of carbonyl (C=O) groups is 1. The lowest BCUT2D eigenvalue weighted by Gasteiger charge is -2.41. The first-order valence-electron chi connectivity index (χ1n) is 9.85. The Morgan fingerprint density at radius 2 is 1.88 bits per heavy atom. The van der Waals surface area contributed by atoms with Crippen LogP contribution in [0.3, 0.4) is 0 Å². The van der Waals surface area contributed by atoms with Crippen molar-refractivity contribution in [1.29, 1.82) is 0 Å². The Hall–Kier alpha value is -1.59. The molecule has 3 rings (SSSR count). The van der Waals surface area contributed by atoms with Crippen LogP contribution in [0.25, 0.3) is 0 Å². The summed E-state index contributed by atoms with van der Waals surface area (Å²) in [7, 11) is 0. The molecule has 1 atom stereocenters. The number of nitrogens with zero attached hydrogens (tertiary/aromatic N) is 2. The second-order valence-electron chi connectivity index (χ2n) is 7.59. The van der Waals surface area contributed by atoms with Crippen LogP contribution in [-0.4, -0.2) is 67.7 Å². The highest BCUT2D eigenvalue weighted by molar-refractivity contribution is 5.77. The second kappa shape index (κ2) is 8.87. The summed E-state index contributed by atoms with van der Waals surface area (Å²) in [4.78, 5) is 17.0. The van der Waals surface area contributed by atoms with Crippen LogP contribution < -0.4 is 4.74 Å². The first-order valence-corrected chi connectivity index (χ1v) is 9.85. The number of piperidine rings is 1. The van der Waals surface area contributed by atoms with E-state index in [1.807, 2.05) is 24.0 Å². The molecule has 2 aliphatic heterocycles. The van der Waals surface area contributed by atoms with Crippen LogP contribution >= 0.6 is 0 Å². The van der Waals surface area contributed by atoms with Gasteiger partial charge in [-0.05, 0) is 56.7 Å². The predicted octanol–water partition coefficient (Wildman–Crippen LogP) is 2.64. The quantitative estimate of drug-likeness (QED) is 0.810. The first-order chi connectivity index (χ1) is 12.6. The van der Waals surface area contributed by atoms with Crippen LogP contribution in [0, 0.1) is 19.8 Å². The summed E-state index contributed by atoms with van der Waals surface area (Å²) in [5.41, 5.74) is 2.30. The number of amides is 1. The van der Waals surface area contributed by atoms with Crippen LogP contribution in [0.2, 0.25) is 0 Å². The minimum atomic E-state index is 0.100. The second-order valence-corrected chi connectivity index (χ2v) is 7.59. The first kappa shape index (κ1) is 19.2. The summed E-state index contributed by atoms with van der Waals surface area (Å²) in [6, 6.07) is 6.54. The van der Waals surface area contributed by atoms with Gasteiger partial charge in [0.15, 0.2) is 6.61 Å². The van der Waals surface area contributed by atoms with Crippen molar-refractivity contribution in [2.24, 2.45) is 5.92 Å². The van der Waals surface area contributed by atoms with Crippen LogP contribution in [0.1, 0.15) is 30.9 Å². The number of rotatable bonds is 5. The van der Waals surface area contributed by atoms with Gasteiger partial charge in [0.1, 0.15) is 5.75 Å². The molecule has 1 amide bonds. The Morgan fingerprint density at radius 3 is 2.58 bits per heavy atom. The molecule has 2 aliphatic rings. The number of hydrogen-bond acceptors (Lipinski definition) is 4. The van der Waals surface area contributed by atoms with Crippen LogP contribution in [0.15, 0.2) is 18.2 Å². The van der Waals surface area contributed by atoms with Gasteiger partial charge in [0.25, 0.3) is 5.91 Å². The molecule has 1 unspecified atom stereocenters. The van der Waals surface area contributed by atoms with E-state index in [0.717, 1.165) is 63.5 Å². The van der Waals surface area contributed by atoms with Gasteiger partial charge in [-0.3, -0.25) is 9.69 Å². The van der Waals surface area contributed by atoms with Gasteiger partial charge >= 0.3 is 0 Å².